The van der Waals surface area contributed by atoms with Gasteiger partial charge in [0.1, 0.15) is 11.6 Å². The summed E-state index contributed by atoms with van der Waals surface area (Å²) in [6.07, 6.45) is 0. The Kier molecular flexibility index (Phi) is 5.28. The minimum absolute atomic E-state index is 0.205. The second-order valence-corrected chi connectivity index (χ2v) is 5.51. The van der Waals surface area contributed by atoms with Crippen LogP contribution in [0.3, 0.4) is 0 Å². The SMILES string of the molecule is CC(C)NCc1cccc(N(C)Cc2cccc(F)c2)n1. The number of hydrogen-bond acceptors (Lipinski definition) is 3. The highest BCUT2D eigenvalue weighted by Crippen LogP contribution is 2.14. The lowest BCUT2D eigenvalue weighted by Crippen LogP contribution is -2.23. The largest absolute Gasteiger partial charge is 0.355 e. The zero-order valence-corrected chi connectivity index (χ0v) is 12.8. The van der Waals surface area contributed by atoms with Crippen molar-refractivity contribution in [2.45, 2.75) is 33.0 Å². The van der Waals surface area contributed by atoms with Gasteiger partial charge < -0.3 is 10.2 Å². The van der Waals surface area contributed by atoms with E-state index in [1.807, 2.05) is 36.2 Å². The van der Waals surface area contributed by atoms with Crippen molar-refractivity contribution >= 4 is 5.82 Å². The minimum Gasteiger partial charge on any atom is -0.355 e. The molecule has 0 saturated carbocycles. The van der Waals surface area contributed by atoms with Crippen LogP contribution < -0.4 is 10.2 Å². The molecular formula is C17H22FN3. The average Bonchev–Trinajstić information content (AvgIpc) is 2.45. The maximum absolute atomic E-state index is 13.2. The number of rotatable bonds is 6. The lowest BCUT2D eigenvalue weighted by atomic mass is 10.2. The third-order valence-corrected chi connectivity index (χ3v) is 3.18. The fourth-order valence-corrected chi connectivity index (χ4v) is 2.08. The van der Waals surface area contributed by atoms with E-state index in [1.54, 1.807) is 12.1 Å². The van der Waals surface area contributed by atoms with Crippen LogP contribution in [0.5, 0.6) is 0 Å². The van der Waals surface area contributed by atoms with Gasteiger partial charge in [-0.25, -0.2) is 9.37 Å². The molecule has 2 aromatic rings. The molecule has 0 fully saturated rings. The molecule has 21 heavy (non-hydrogen) atoms. The number of nitrogens with zero attached hydrogens (tertiary/aromatic N) is 2. The van der Waals surface area contributed by atoms with Crippen LogP contribution in [-0.4, -0.2) is 18.1 Å². The molecule has 0 aliphatic heterocycles. The fourth-order valence-electron chi connectivity index (χ4n) is 2.08. The molecule has 1 N–H and O–H groups in total. The first kappa shape index (κ1) is 15.4. The van der Waals surface area contributed by atoms with E-state index < -0.39 is 0 Å². The summed E-state index contributed by atoms with van der Waals surface area (Å²) < 4.78 is 13.2. The van der Waals surface area contributed by atoms with E-state index in [1.165, 1.54) is 6.07 Å². The maximum atomic E-state index is 13.2. The van der Waals surface area contributed by atoms with Crippen LogP contribution in [0.25, 0.3) is 0 Å². The second kappa shape index (κ2) is 7.18. The molecule has 0 atom stereocenters. The molecule has 1 aromatic carbocycles. The maximum Gasteiger partial charge on any atom is 0.128 e. The molecule has 0 spiro atoms. The smallest absolute Gasteiger partial charge is 0.128 e. The van der Waals surface area contributed by atoms with Crippen molar-refractivity contribution in [3.8, 4) is 0 Å². The molecule has 2 rings (SSSR count). The Labute approximate surface area is 125 Å². The molecule has 0 aliphatic carbocycles. The summed E-state index contributed by atoms with van der Waals surface area (Å²) in [4.78, 5) is 6.65. The summed E-state index contributed by atoms with van der Waals surface area (Å²) in [6.45, 7) is 5.60. The summed E-state index contributed by atoms with van der Waals surface area (Å²) in [6, 6.07) is 13.1. The normalized spacial score (nSPS) is 10.9. The Hall–Kier alpha value is -1.94. The molecule has 0 saturated heterocycles. The summed E-state index contributed by atoms with van der Waals surface area (Å²) in [5.41, 5.74) is 1.94. The van der Waals surface area contributed by atoms with Crippen molar-refractivity contribution in [1.29, 1.82) is 0 Å². The standard InChI is InChI=1S/C17H22FN3/c1-13(2)19-11-16-8-5-9-17(20-16)21(3)12-14-6-4-7-15(18)10-14/h4-10,13,19H,11-12H2,1-3H3. The molecule has 0 bridgehead atoms. The van der Waals surface area contributed by atoms with E-state index in [4.69, 9.17) is 0 Å². The first-order chi connectivity index (χ1) is 10.0. The third-order valence-electron chi connectivity index (χ3n) is 3.18. The lowest BCUT2D eigenvalue weighted by molar-refractivity contribution is 0.581. The fraction of sp³-hybridized carbons (Fsp3) is 0.353. The van der Waals surface area contributed by atoms with Gasteiger partial charge in [-0.1, -0.05) is 32.0 Å². The van der Waals surface area contributed by atoms with E-state index in [0.29, 0.717) is 12.6 Å². The van der Waals surface area contributed by atoms with Crippen LogP contribution in [0.1, 0.15) is 25.1 Å². The average molecular weight is 287 g/mol. The van der Waals surface area contributed by atoms with Gasteiger partial charge in [-0.15, -0.1) is 0 Å². The van der Waals surface area contributed by atoms with Crippen molar-refractivity contribution in [2.24, 2.45) is 0 Å². The van der Waals surface area contributed by atoms with Crippen molar-refractivity contribution in [2.75, 3.05) is 11.9 Å². The number of nitrogens with one attached hydrogen (secondary N) is 1. The molecule has 1 aromatic heterocycles. The molecule has 3 nitrogen and oxygen atoms in total. The lowest BCUT2D eigenvalue weighted by Gasteiger charge is -2.19. The van der Waals surface area contributed by atoms with Crippen LogP contribution in [0.2, 0.25) is 0 Å². The summed E-state index contributed by atoms with van der Waals surface area (Å²) in [5.74, 6) is 0.686. The van der Waals surface area contributed by atoms with Crippen molar-refractivity contribution < 1.29 is 4.39 Å². The molecule has 4 heteroatoms. The zero-order valence-electron chi connectivity index (χ0n) is 12.8. The Morgan fingerprint density at radius 3 is 2.67 bits per heavy atom. The highest BCUT2D eigenvalue weighted by Gasteiger charge is 2.06. The number of halogens is 1. The molecule has 0 unspecified atom stereocenters. The van der Waals surface area contributed by atoms with E-state index in [-0.39, 0.29) is 5.82 Å². The van der Waals surface area contributed by atoms with Gasteiger partial charge in [-0.3, -0.25) is 0 Å². The number of hydrogen-bond donors (Lipinski definition) is 1. The van der Waals surface area contributed by atoms with Crippen LogP contribution >= 0.6 is 0 Å². The van der Waals surface area contributed by atoms with Gasteiger partial charge in [0.25, 0.3) is 0 Å². The quantitative estimate of drug-likeness (QED) is 0.883. The Balaban J connectivity index is 2.05. The number of pyridine rings is 1. The van der Waals surface area contributed by atoms with Gasteiger partial charge in [0.15, 0.2) is 0 Å². The predicted octanol–water partition coefficient (Wildman–Crippen LogP) is 3.36. The first-order valence-electron chi connectivity index (χ1n) is 7.19. The Morgan fingerprint density at radius 2 is 1.95 bits per heavy atom. The van der Waals surface area contributed by atoms with E-state index >= 15 is 0 Å². The highest BCUT2D eigenvalue weighted by molar-refractivity contribution is 5.39. The monoisotopic (exact) mass is 287 g/mol. The van der Waals surface area contributed by atoms with Crippen LogP contribution in [0.15, 0.2) is 42.5 Å². The van der Waals surface area contributed by atoms with Crippen LogP contribution in [-0.2, 0) is 13.1 Å². The second-order valence-electron chi connectivity index (χ2n) is 5.51. The van der Waals surface area contributed by atoms with Crippen LogP contribution in [0, 0.1) is 5.82 Å². The molecule has 1 heterocycles. The van der Waals surface area contributed by atoms with Gasteiger partial charge in [-0.05, 0) is 29.8 Å². The number of aromatic nitrogens is 1. The summed E-state index contributed by atoms with van der Waals surface area (Å²) in [7, 11) is 1.97. The van der Waals surface area contributed by atoms with Crippen molar-refractivity contribution in [3.63, 3.8) is 0 Å². The molecule has 0 amide bonds. The van der Waals surface area contributed by atoms with E-state index in [0.717, 1.165) is 23.6 Å². The topological polar surface area (TPSA) is 28.2 Å². The van der Waals surface area contributed by atoms with Gasteiger partial charge in [-0.2, -0.15) is 0 Å². The Morgan fingerprint density at radius 1 is 1.19 bits per heavy atom. The first-order valence-corrected chi connectivity index (χ1v) is 7.19. The zero-order chi connectivity index (χ0) is 15.2. The molecular weight excluding hydrogens is 265 g/mol. The van der Waals surface area contributed by atoms with E-state index in [9.17, 15) is 4.39 Å². The van der Waals surface area contributed by atoms with Gasteiger partial charge in [0, 0.05) is 26.2 Å². The highest BCUT2D eigenvalue weighted by atomic mass is 19.1. The van der Waals surface area contributed by atoms with E-state index in [2.05, 4.69) is 24.1 Å². The van der Waals surface area contributed by atoms with Crippen molar-refractivity contribution in [1.82, 2.24) is 10.3 Å². The van der Waals surface area contributed by atoms with Gasteiger partial charge >= 0.3 is 0 Å². The molecule has 0 aliphatic rings. The van der Waals surface area contributed by atoms with Gasteiger partial charge in [0.2, 0.25) is 0 Å². The third kappa shape index (κ3) is 4.83. The van der Waals surface area contributed by atoms with Crippen LogP contribution in [0.4, 0.5) is 10.2 Å². The minimum atomic E-state index is -0.205. The number of anilines is 1. The number of benzene rings is 1. The molecule has 0 radical (unpaired) electrons. The predicted molar refractivity (Wildman–Crippen MR) is 84.7 cm³/mol. The Bertz CT molecular complexity index is 584. The summed E-state index contributed by atoms with van der Waals surface area (Å²) >= 11 is 0. The van der Waals surface area contributed by atoms with Crippen molar-refractivity contribution in [3.05, 3.63) is 59.5 Å². The summed E-state index contributed by atoms with van der Waals surface area (Å²) in [5, 5.41) is 3.35. The van der Waals surface area contributed by atoms with Gasteiger partial charge in [0.05, 0.1) is 5.69 Å². The molecule has 112 valence electrons.